The maximum Gasteiger partial charge on any atom is 0.0392 e. The van der Waals surface area contributed by atoms with E-state index in [1.165, 1.54) is 29.7 Å². The Labute approximate surface area is 64.9 Å². The molecule has 2 rings (SSSR count). The van der Waals surface area contributed by atoms with Crippen molar-refractivity contribution in [2.24, 2.45) is 5.73 Å². The molecule has 1 aliphatic carbocycles. The third-order valence-corrected chi connectivity index (χ3v) is 3.17. The predicted molar refractivity (Wildman–Crippen MR) is 44.2 cm³/mol. The Balaban J connectivity index is 2.41. The lowest BCUT2D eigenvalue weighted by atomic mass is 9.96. The summed E-state index contributed by atoms with van der Waals surface area (Å²) in [5, 5.41) is 2.15. The molecule has 1 aromatic heterocycles. The summed E-state index contributed by atoms with van der Waals surface area (Å²) < 4.78 is 0. The smallest absolute Gasteiger partial charge is 0.0392 e. The van der Waals surface area contributed by atoms with Crippen LogP contribution in [-0.2, 0) is 6.42 Å². The van der Waals surface area contributed by atoms with E-state index in [0.29, 0.717) is 6.04 Å². The minimum atomic E-state index is 0.337. The first-order valence-corrected chi connectivity index (χ1v) is 4.58. The van der Waals surface area contributed by atoms with Crippen molar-refractivity contribution < 1.29 is 0 Å². The van der Waals surface area contributed by atoms with E-state index in [4.69, 9.17) is 5.73 Å². The molecule has 1 aliphatic rings. The fourth-order valence-corrected chi connectivity index (χ4v) is 2.52. The molecule has 0 aliphatic heterocycles. The molecule has 0 aromatic carbocycles. The van der Waals surface area contributed by atoms with E-state index in [1.807, 2.05) is 11.3 Å². The van der Waals surface area contributed by atoms with Gasteiger partial charge >= 0.3 is 0 Å². The second-order valence-electron chi connectivity index (χ2n) is 2.81. The number of aryl methyl sites for hydroxylation is 1. The molecular formula is C8H11NS. The molecule has 1 aromatic rings. The van der Waals surface area contributed by atoms with Gasteiger partial charge in [0.1, 0.15) is 0 Å². The minimum absolute atomic E-state index is 0.337. The molecule has 54 valence electrons. The summed E-state index contributed by atoms with van der Waals surface area (Å²) in [7, 11) is 0. The van der Waals surface area contributed by atoms with Crippen molar-refractivity contribution in [3.8, 4) is 0 Å². The molecule has 1 nitrogen and oxygen atoms in total. The summed E-state index contributed by atoms with van der Waals surface area (Å²) in [5.41, 5.74) is 7.39. The summed E-state index contributed by atoms with van der Waals surface area (Å²) in [4.78, 5) is 1.42. The van der Waals surface area contributed by atoms with Gasteiger partial charge in [-0.25, -0.2) is 0 Å². The highest BCUT2D eigenvalue weighted by atomic mass is 32.1. The van der Waals surface area contributed by atoms with Crippen LogP contribution >= 0.6 is 11.3 Å². The van der Waals surface area contributed by atoms with Crippen LogP contribution in [0.15, 0.2) is 11.4 Å². The lowest BCUT2D eigenvalue weighted by Crippen LogP contribution is -2.14. The highest BCUT2D eigenvalue weighted by Gasteiger charge is 2.16. The van der Waals surface area contributed by atoms with Gasteiger partial charge in [-0.05, 0) is 36.3 Å². The molecule has 0 saturated carbocycles. The third-order valence-electron chi connectivity index (χ3n) is 2.08. The average molecular weight is 153 g/mol. The predicted octanol–water partition coefficient (Wildman–Crippen LogP) is 2.08. The van der Waals surface area contributed by atoms with E-state index in [9.17, 15) is 0 Å². The molecule has 0 spiro atoms. The van der Waals surface area contributed by atoms with E-state index >= 15 is 0 Å². The Morgan fingerprint density at radius 1 is 1.60 bits per heavy atom. The molecule has 0 unspecified atom stereocenters. The molecule has 0 saturated heterocycles. The molecule has 1 atom stereocenters. The van der Waals surface area contributed by atoms with Crippen LogP contribution in [-0.4, -0.2) is 0 Å². The number of rotatable bonds is 0. The highest BCUT2D eigenvalue weighted by molar-refractivity contribution is 7.10. The van der Waals surface area contributed by atoms with Crippen molar-refractivity contribution >= 4 is 11.3 Å². The van der Waals surface area contributed by atoms with Crippen LogP contribution in [0, 0.1) is 0 Å². The van der Waals surface area contributed by atoms with Crippen LogP contribution in [0.4, 0.5) is 0 Å². The zero-order valence-electron chi connectivity index (χ0n) is 5.84. The zero-order chi connectivity index (χ0) is 6.97. The van der Waals surface area contributed by atoms with Crippen LogP contribution in [0.1, 0.15) is 29.3 Å². The molecular weight excluding hydrogens is 142 g/mol. The maximum absolute atomic E-state index is 5.90. The molecule has 2 N–H and O–H groups in total. The van der Waals surface area contributed by atoms with Gasteiger partial charge in [-0.3, -0.25) is 0 Å². The van der Waals surface area contributed by atoms with Gasteiger partial charge in [0.2, 0.25) is 0 Å². The summed E-state index contributed by atoms with van der Waals surface area (Å²) in [5.74, 6) is 0. The summed E-state index contributed by atoms with van der Waals surface area (Å²) in [6, 6.07) is 2.54. The van der Waals surface area contributed by atoms with Gasteiger partial charge in [-0.1, -0.05) is 0 Å². The van der Waals surface area contributed by atoms with Gasteiger partial charge in [0.25, 0.3) is 0 Å². The summed E-state index contributed by atoms with van der Waals surface area (Å²) >= 11 is 1.81. The van der Waals surface area contributed by atoms with Gasteiger partial charge in [0.05, 0.1) is 0 Å². The highest BCUT2D eigenvalue weighted by Crippen LogP contribution is 2.31. The molecule has 2 heteroatoms. The van der Waals surface area contributed by atoms with E-state index in [-0.39, 0.29) is 0 Å². The first-order valence-electron chi connectivity index (χ1n) is 3.70. The number of thiophene rings is 1. The van der Waals surface area contributed by atoms with Crippen LogP contribution < -0.4 is 5.73 Å². The van der Waals surface area contributed by atoms with Crippen molar-refractivity contribution in [2.75, 3.05) is 0 Å². The molecule has 0 radical (unpaired) electrons. The van der Waals surface area contributed by atoms with E-state index < -0.39 is 0 Å². The van der Waals surface area contributed by atoms with Gasteiger partial charge in [0, 0.05) is 10.9 Å². The molecule has 1 heterocycles. The van der Waals surface area contributed by atoms with Crippen molar-refractivity contribution in [3.05, 3.63) is 21.9 Å². The SMILES string of the molecule is N[C@H]1CCCc2ccsc21. The molecule has 0 fully saturated rings. The normalized spacial score (nSPS) is 24.3. The van der Waals surface area contributed by atoms with E-state index in [0.717, 1.165) is 0 Å². The quantitative estimate of drug-likeness (QED) is 0.606. The maximum atomic E-state index is 5.90. The minimum Gasteiger partial charge on any atom is -0.323 e. The molecule has 0 amide bonds. The third kappa shape index (κ3) is 0.879. The Kier molecular flexibility index (Phi) is 1.51. The van der Waals surface area contributed by atoms with Crippen LogP contribution in [0.5, 0.6) is 0 Å². The van der Waals surface area contributed by atoms with E-state index in [1.54, 1.807) is 0 Å². The number of nitrogens with two attached hydrogens (primary N) is 1. The van der Waals surface area contributed by atoms with Crippen molar-refractivity contribution in [3.63, 3.8) is 0 Å². The van der Waals surface area contributed by atoms with Gasteiger partial charge in [0.15, 0.2) is 0 Å². The lowest BCUT2D eigenvalue weighted by molar-refractivity contribution is 0.582. The Morgan fingerprint density at radius 2 is 2.50 bits per heavy atom. The largest absolute Gasteiger partial charge is 0.323 e. The standard InChI is InChI=1S/C8H11NS/c9-7-3-1-2-6-4-5-10-8(6)7/h4-5,7H,1-3,9H2/t7-/m0/s1. The van der Waals surface area contributed by atoms with Crippen LogP contribution in [0.2, 0.25) is 0 Å². The van der Waals surface area contributed by atoms with E-state index in [2.05, 4.69) is 11.4 Å². The van der Waals surface area contributed by atoms with Crippen molar-refractivity contribution in [1.29, 1.82) is 0 Å². The molecule has 10 heavy (non-hydrogen) atoms. The summed E-state index contributed by atoms with van der Waals surface area (Å²) in [6.07, 6.45) is 3.69. The fourth-order valence-electron chi connectivity index (χ4n) is 1.52. The Hall–Kier alpha value is -0.340. The first-order chi connectivity index (χ1) is 4.88. The second kappa shape index (κ2) is 2.36. The van der Waals surface area contributed by atoms with Gasteiger partial charge < -0.3 is 5.73 Å². The zero-order valence-corrected chi connectivity index (χ0v) is 6.66. The van der Waals surface area contributed by atoms with Gasteiger partial charge in [-0.2, -0.15) is 0 Å². The number of hydrogen-bond donors (Lipinski definition) is 1. The number of hydrogen-bond acceptors (Lipinski definition) is 2. The monoisotopic (exact) mass is 153 g/mol. The molecule has 0 bridgehead atoms. The van der Waals surface area contributed by atoms with Crippen molar-refractivity contribution in [2.45, 2.75) is 25.3 Å². The van der Waals surface area contributed by atoms with Gasteiger partial charge in [-0.15, -0.1) is 11.3 Å². The number of fused-ring (bicyclic) bond motifs is 1. The first kappa shape index (κ1) is 6.38. The summed E-state index contributed by atoms with van der Waals surface area (Å²) in [6.45, 7) is 0. The topological polar surface area (TPSA) is 26.0 Å². The fraction of sp³-hybridized carbons (Fsp3) is 0.500. The van der Waals surface area contributed by atoms with Crippen molar-refractivity contribution in [1.82, 2.24) is 0 Å². The Morgan fingerprint density at radius 3 is 3.30 bits per heavy atom. The lowest BCUT2D eigenvalue weighted by Gasteiger charge is -2.17. The van der Waals surface area contributed by atoms with Crippen LogP contribution in [0.25, 0.3) is 0 Å². The second-order valence-corrected chi connectivity index (χ2v) is 3.76. The average Bonchev–Trinajstić information content (AvgIpc) is 2.36. The Bertz CT molecular complexity index is 229. The van der Waals surface area contributed by atoms with Crippen LogP contribution in [0.3, 0.4) is 0 Å².